The third kappa shape index (κ3) is 3.22. The van der Waals surface area contributed by atoms with Crippen molar-refractivity contribution >= 4 is 37.6 Å². The first-order valence-electron chi connectivity index (χ1n) is 6.52. The predicted molar refractivity (Wildman–Crippen MR) is 82.1 cm³/mol. The van der Waals surface area contributed by atoms with Crippen LogP contribution in [0.1, 0.15) is 19.3 Å². The largest absolute Gasteiger partial charge is 0.468 e. The van der Waals surface area contributed by atoms with Gasteiger partial charge in [-0.1, -0.05) is 0 Å². The number of rotatable bonds is 3. The van der Waals surface area contributed by atoms with Gasteiger partial charge >= 0.3 is 5.97 Å². The lowest BCUT2D eigenvalue weighted by Crippen LogP contribution is -2.48. The SMILES string of the molecule is COC(=O)C1CCCCN1S(=O)(=O)c1ccc(N)c(Br)c1. The summed E-state index contributed by atoms with van der Waals surface area (Å²) >= 11 is 3.22. The highest BCUT2D eigenvalue weighted by Gasteiger charge is 2.38. The fourth-order valence-electron chi connectivity index (χ4n) is 2.37. The molecule has 0 amide bonds. The molecule has 2 N–H and O–H groups in total. The summed E-state index contributed by atoms with van der Waals surface area (Å²) in [7, 11) is -2.49. The Labute approximate surface area is 132 Å². The maximum Gasteiger partial charge on any atom is 0.324 e. The van der Waals surface area contributed by atoms with Crippen LogP contribution in [-0.4, -0.2) is 38.4 Å². The van der Waals surface area contributed by atoms with Gasteiger partial charge in [0, 0.05) is 16.7 Å². The lowest BCUT2D eigenvalue weighted by atomic mass is 10.1. The zero-order valence-electron chi connectivity index (χ0n) is 11.6. The molecule has 1 saturated heterocycles. The normalized spacial score (nSPS) is 20.2. The lowest BCUT2D eigenvalue weighted by molar-refractivity contribution is -0.146. The minimum Gasteiger partial charge on any atom is -0.468 e. The molecule has 0 saturated carbocycles. The maximum atomic E-state index is 12.7. The Kier molecular flexibility index (Phi) is 4.90. The molecule has 1 fully saturated rings. The van der Waals surface area contributed by atoms with Crippen molar-refractivity contribution in [3.8, 4) is 0 Å². The number of methoxy groups -OCH3 is 1. The van der Waals surface area contributed by atoms with Crippen LogP contribution in [-0.2, 0) is 19.6 Å². The Hall–Kier alpha value is -1.12. The molecular formula is C13H17BrN2O4S. The number of nitrogens with zero attached hydrogens (tertiary/aromatic N) is 1. The molecule has 0 aliphatic carbocycles. The number of halogens is 1. The van der Waals surface area contributed by atoms with Crippen LogP contribution in [0.2, 0.25) is 0 Å². The van der Waals surface area contributed by atoms with E-state index in [1.165, 1.54) is 29.6 Å². The number of nitrogens with two attached hydrogens (primary N) is 1. The zero-order valence-corrected chi connectivity index (χ0v) is 14.0. The minimum absolute atomic E-state index is 0.111. The van der Waals surface area contributed by atoms with Gasteiger partial charge in [0.1, 0.15) is 6.04 Å². The van der Waals surface area contributed by atoms with Crippen molar-refractivity contribution < 1.29 is 17.9 Å². The summed E-state index contributed by atoms with van der Waals surface area (Å²) in [5, 5.41) is 0. The number of carbonyl (C=O) groups is 1. The van der Waals surface area contributed by atoms with Crippen LogP contribution in [0.3, 0.4) is 0 Å². The van der Waals surface area contributed by atoms with E-state index >= 15 is 0 Å². The molecule has 1 aromatic carbocycles. The fourth-order valence-corrected chi connectivity index (χ4v) is 4.57. The summed E-state index contributed by atoms with van der Waals surface area (Å²) in [4.78, 5) is 11.9. The number of esters is 1. The van der Waals surface area contributed by atoms with Gasteiger partial charge in [0.15, 0.2) is 0 Å². The van der Waals surface area contributed by atoms with E-state index in [2.05, 4.69) is 15.9 Å². The van der Waals surface area contributed by atoms with Crippen molar-refractivity contribution in [3.05, 3.63) is 22.7 Å². The standard InChI is InChI=1S/C13H17BrN2O4S/c1-20-13(17)12-4-2-3-7-16(12)21(18,19)9-5-6-11(15)10(14)8-9/h5-6,8,12H,2-4,7,15H2,1H3. The molecule has 1 aromatic rings. The van der Waals surface area contributed by atoms with Crippen LogP contribution in [0.25, 0.3) is 0 Å². The van der Waals surface area contributed by atoms with Crippen molar-refractivity contribution in [1.29, 1.82) is 0 Å². The summed E-state index contributed by atoms with van der Waals surface area (Å²) < 4.78 is 31.9. The predicted octanol–water partition coefficient (Wildman–Crippen LogP) is 1.75. The van der Waals surface area contributed by atoms with Crippen molar-refractivity contribution in [2.45, 2.75) is 30.2 Å². The number of nitrogen functional groups attached to an aromatic ring is 1. The van der Waals surface area contributed by atoms with Crippen molar-refractivity contribution in [1.82, 2.24) is 4.31 Å². The number of carbonyl (C=O) groups excluding carboxylic acids is 1. The quantitative estimate of drug-likeness (QED) is 0.640. The number of ether oxygens (including phenoxy) is 1. The highest BCUT2D eigenvalue weighted by atomic mass is 79.9. The molecule has 1 aliphatic rings. The number of sulfonamides is 1. The molecule has 1 aliphatic heterocycles. The fraction of sp³-hybridized carbons (Fsp3) is 0.462. The van der Waals surface area contributed by atoms with E-state index in [-0.39, 0.29) is 4.90 Å². The maximum absolute atomic E-state index is 12.7. The Morgan fingerprint density at radius 3 is 2.76 bits per heavy atom. The minimum atomic E-state index is -3.76. The third-order valence-electron chi connectivity index (χ3n) is 3.51. The van der Waals surface area contributed by atoms with Gasteiger partial charge in [-0.15, -0.1) is 0 Å². The Bertz CT molecular complexity index is 648. The number of benzene rings is 1. The van der Waals surface area contributed by atoms with E-state index in [1.807, 2.05) is 0 Å². The average molecular weight is 377 g/mol. The van der Waals surface area contributed by atoms with Gasteiger partial charge in [0.25, 0.3) is 0 Å². The zero-order chi connectivity index (χ0) is 15.6. The molecule has 0 spiro atoms. The monoisotopic (exact) mass is 376 g/mol. The second-order valence-electron chi connectivity index (χ2n) is 4.83. The molecule has 8 heteroatoms. The second-order valence-corrected chi connectivity index (χ2v) is 7.58. The topological polar surface area (TPSA) is 89.7 Å². The van der Waals surface area contributed by atoms with E-state index in [0.29, 0.717) is 23.1 Å². The molecule has 1 unspecified atom stereocenters. The van der Waals surface area contributed by atoms with Gasteiger partial charge in [0.2, 0.25) is 10.0 Å². The molecule has 6 nitrogen and oxygen atoms in total. The van der Waals surface area contributed by atoms with E-state index in [4.69, 9.17) is 10.5 Å². The van der Waals surface area contributed by atoms with Crippen LogP contribution < -0.4 is 5.73 Å². The van der Waals surface area contributed by atoms with Gasteiger partial charge in [-0.05, 0) is 53.4 Å². The van der Waals surface area contributed by atoms with Gasteiger partial charge in [-0.3, -0.25) is 4.79 Å². The summed E-state index contributed by atoms with van der Waals surface area (Å²) in [5.74, 6) is -0.521. The Morgan fingerprint density at radius 2 is 2.14 bits per heavy atom. The average Bonchev–Trinajstić information content (AvgIpc) is 2.49. The van der Waals surface area contributed by atoms with Crippen molar-refractivity contribution in [2.24, 2.45) is 0 Å². The molecule has 0 bridgehead atoms. The number of hydrogen-bond donors (Lipinski definition) is 1. The van der Waals surface area contributed by atoms with Crippen molar-refractivity contribution in [3.63, 3.8) is 0 Å². The summed E-state index contributed by atoms with van der Waals surface area (Å²) in [6, 6.07) is 3.66. The van der Waals surface area contributed by atoms with Crippen LogP contribution >= 0.6 is 15.9 Å². The molecule has 116 valence electrons. The van der Waals surface area contributed by atoms with Crippen molar-refractivity contribution in [2.75, 3.05) is 19.4 Å². The summed E-state index contributed by atoms with van der Waals surface area (Å²) in [6.45, 7) is 0.310. The summed E-state index contributed by atoms with van der Waals surface area (Å²) in [6.07, 6.45) is 2.00. The lowest BCUT2D eigenvalue weighted by Gasteiger charge is -2.32. The molecule has 2 rings (SSSR count). The van der Waals surface area contributed by atoms with Crippen LogP contribution in [0.4, 0.5) is 5.69 Å². The van der Waals surface area contributed by atoms with E-state index in [1.54, 1.807) is 0 Å². The molecule has 1 heterocycles. The molecule has 21 heavy (non-hydrogen) atoms. The first-order chi connectivity index (χ1) is 9.87. The molecule has 0 radical (unpaired) electrons. The smallest absolute Gasteiger partial charge is 0.324 e. The molecular weight excluding hydrogens is 360 g/mol. The van der Waals surface area contributed by atoms with E-state index in [0.717, 1.165) is 12.8 Å². The van der Waals surface area contributed by atoms with Crippen LogP contribution in [0.5, 0.6) is 0 Å². The number of anilines is 1. The van der Waals surface area contributed by atoms with E-state index < -0.39 is 22.0 Å². The molecule has 0 aromatic heterocycles. The van der Waals surface area contributed by atoms with Gasteiger partial charge in [-0.2, -0.15) is 4.31 Å². The Morgan fingerprint density at radius 1 is 1.43 bits per heavy atom. The Balaban J connectivity index is 2.40. The highest BCUT2D eigenvalue weighted by molar-refractivity contribution is 9.10. The van der Waals surface area contributed by atoms with Gasteiger partial charge in [-0.25, -0.2) is 8.42 Å². The number of hydrogen-bond acceptors (Lipinski definition) is 5. The van der Waals surface area contributed by atoms with Gasteiger partial charge in [0.05, 0.1) is 12.0 Å². The second kappa shape index (κ2) is 6.33. The highest BCUT2D eigenvalue weighted by Crippen LogP contribution is 2.29. The van der Waals surface area contributed by atoms with Gasteiger partial charge < -0.3 is 10.5 Å². The molecule has 1 atom stereocenters. The van der Waals surface area contributed by atoms with E-state index in [9.17, 15) is 13.2 Å². The third-order valence-corrected chi connectivity index (χ3v) is 6.10. The first-order valence-corrected chi connectivity index (χ1v) is 8.76. The van der Waals surface area contributed by atoms with Crippen LogP contribution in [0, 0.1) is 0 Å². The van der Waals surface area contributed by atoms with Crippen LogP contribution in [0.15, 0.2) is 27.6 Å². The number of piperidine rings is 1. The summed E-state index contributed by atoms with van der Waals surface area (Å²) in [5.41, 5.74) is 6.13. The first kappa shape index (κ1) is 16.3.